The molecule has 1 aromatic rings. The molecule has 7 nitrogen and oxygen atoms in total. The van der Waals surface area contributed by atoms with Crippen LogP contribution >= 0.6 is 0 Å². The number of guanidine groups is 1. The summed E-state index contributed by atoms with van der Waals surface area (Å²) in [6.45, 7) is 11.4. The van der Waals surface area contributed by atoms with Crippen molar-refractivity contribution in [1.29, 1.82) is 0 Å². The number of aliphatic imine (C=N–C) groups is 1. The van der Waals surface area contributed by atoms with E-state index in [1.165, 1.54) is 6.42 Å². The molecule has 2 rings (SSSR count). The summed E-state index contributed by atoms with van der Waals surface area (Å²) in [7, 11) is 0. The van der Waals surface area contributed by atoms with Gasteiger partial charge in [-0.2, -0.15) is 0 Å². The van der Waals surface area contributed by atoms with Gasteiger partial charge in [0.05, 0.1) is 19.8 Å². The number of nitrogens with zero attached hydrogens (tertiary/aromatic N) is 3. The lowest BCUT2D eigenvalue weighted by Gasteiger charge is -2.29. The van der Waals surface area contributed by atoms with Crippen molar-refractivity contribution in [2.24, 2.45) is 4.99 Å². The molecule has 1 aliphatic rings. The molecule has 0 spiro atoms. The zero-order valence-electron chi connectivity index (χ0n) is 16.9. The minimum Gasteiger partial charge on any atom is -0.381 e. The molecule has 0 unspecified atom stereocenters. The van der Waals surface area contributed by atoms with E-state index >= 15 is 0 Å². The van der Waals surface area contributed by atoms with Crippen LogP contribution in [0, 0.1) is 0 Å². The molecule has 0 atom stereocenters. The van der Waals surface area contributed by atoms with Gasteiger partial charge in [0, 0.05) is 51.2 Å². The Balaban J connectivity index is 1.85. The highest BCUT2D eigenvalue weighted by Crippen LogP contribution is 2.19. The third-order valence-corrected chi connectivity index (χ3v) is 4.33. The summed E-state index contributed by atoms with van der Waals surface area (Å²) in [6, 6.07) is 4.08. The van der Waals surface area contributed by atoms with Gasteiger partial charge in [-0.25, -0.2) is 9.98 Å². The van der Waals surface area contributed by atoms with Gasteiger partial charge in [0.2, 0.25) is 0 Å². The number of rotatable bonds is 11. The second-order valence-corrected chi connectivity index (χ2v) is 6.53. The molecule has 0 aromatic carbocycles. The summed E-state index contributed by atoms with van der Waals surface area (Å²) in [5, 5.41) is 6.69. The molecule has 1 aliphatic heterocycles. The fraction of sp³-hybridized carbons (Fsp3) is 0.700. The molecule has 27 heavy (non-hydrogen) atoms. The fourth-order valence-electron chi connectivity index (χ4n) is 2.85. The summed E-state index contributed by atoms with van der Waals surface area (Å²) in [4.78, 5) is 11.6. The van der Waals surface area contributed by atoms with Crippen LogP contribution in [0.3, 0.4) is 0 Å². The topological polar surface area (TPSA) is 71.0 Å². The lowest BCUT2D eigenvalue weighted by molar-refractivity contribution is 0.122. The molecule has 0 aliphatic carbocycles. The van der Waals surface area contributed by atoms with Gasteiger partial charge in [-0.15, -0.1) is 0 Å². The Morgan fingerprint density at radius 3 is 2.81 bits per heavy atom. The van der Waals surface area contributed by atoms with E-state index in [0.29, 0.717) is 6.54 Å². The summed E-state index contributed by atoms with van der Waals surface area (Å²) in [6.07, 6.45) is 5.13. The van der Waals surface area contributed by atoms with Crippen molar-refractivity contribution in [2.75, 3.05) is 57.5 Å². The van der Waals surface area contributed by atoms with Crippen molar-refractivity contribution < 1.29 is 9.47 Å². The molecule has 0 radical (unpaired) electrons. The second kappa shape index (κ2) is 13.3. The maximum Gasteiger partial charge on any atom is 0.191 e. The van der Waals surface area contributed by atoms with Gasteiger partial charge in [-0.3, -0.25) is 0 Å². The van der Waals surface area contributed by atoms with Crippen LogP contribution in [0.2, 0.25) is 0 Å². The van der Waals surface area contributed by atoms with E-state index in [-0.39, 0.29) is 0 Å². The van der Waals surface area contributed by atoms with Crippen molar-refractivity contribution in [2.45, 2.75) is 39.7 Å². The minimum atomic E-state index is 0.600. The lowest BCUT2D eigenvalue weighted by atomic mass is 10.2. The van der Waals surface area contributed by atoms with E-state index in [9.17, 15) is 0 Å². The number of aromatic nitrogens is 1. The first-order valence-corrected chi connectivity index (χ1v) is 10.2. The van der Waals surface area contributed by atoms with Crippen molar-refractivity contribution in [3.63, 3.8) is 0 Å². The first-order valence-electron chi connectivity index (χ1n) is 10.2. The molecule has 152 valence electrons. The third kappa shape index (κ3) is 8.13. The van der Waals surface area contributed by atoms with E-state index < -0.39 is 0 Å². The Bertz CT molecular complexity index is 547. The van der Waals surface area contributed by atoms with Gasteiger partial charge in [-0.1, -0.05) is 19.4 Å². The summed E-state index contributed by atoms with van der Waals surface area (Å²) >= 11 is 0. The maximum absolute atomic E-state index is 5.60. The molecule has 1 aromatic heterocycles. The third-order valence-electron chi connectivity index (χ3n) is 4.33. The largest absolute Gasteiger partial charge is 0.381 e. The first-order chi connectivity index (χ1) is 13.3. The van der Waals surface area contributed by atoms with Crippen LogP contribution in [0.1, 0.15) is 38.7 Å². The second-order valence-electron chi connectivity index (χ2n) is 6.53. The van der Waals surface area contributed by atoms with E-state index in [0.717, 1.165) is 82.8 Å². The highest BCUT2D eigenvalue weighted by Gasteiger charge is 2.15. The van der Waals surface area contributed by atoms with Gasteiger partial charge in [-0.05, 0) is 25.8 Å². The molecular weight excluding hydrogens is 342 g/mol. The number of ether oxygens (including phenoxy) is 2. The van der Waals surface area contributed by atoms with Crippen LogP contribution < -0.4 is 15.5 Å². The zero-order chi connectivity index (χ0) is 19.2. The Labute approximate surface area is 163 Å². The predicted molar refractivity (Wildman–Crippen MR) is 110 cm³/mol. The van der Waals surface area contributed by atoms with Gasteiger partial charge in [0.15, 0.2) is 5.96 Å². The van der Waals surface area contributed by atoms with Crippen LogP contribution in [0.25, 0.3) is 0 Å². The summed E-state index contributed by atoms with van der Waals surface area (Å²) < 4.78 is 11.1. The quantitative estimate of drug-likeness (QED) is 0.350. The molecule has 1 fully saturated rings. The van der Waals surface area contributed by atoms with Crippen LogP contribution in [-0.4, -0.2) is 63.6 Å². The molecule has 0 amide bonds. The smallest absolute Gasteiger partial charge is 0.191 e. The summed E-state index contributed by atoms with van der Waals surface area (Å²) in [5.41, 5.74) is 1.14. The van der Waals surface area contributed by atoms with Crippen LogP contribution in [0.15, 0.2) is 23.3 Å². The van der Waals surface area contributed by atoms with Gasteiger partial charge >= 0.3 is 0 Å². The zero-order valence-corrected chi connectivity index (χ0v) is 16.9. The number of pyridine rings is 1. The number of hydrogen-bond donors (Lipinski definition) is 2. The van der Waals surface area contributed by atoms with E-state index in [4.69, 9.17) is 14.5 Å². The average molecular weight is 378 g/mol. The Hall–Kier alpha value is -1.86. The van der Waals surface area contributed by atoms with Gasteiger partial charge in [0.25, 0.3) is 0 Å². The van der Waals surface area contributed by atoms with Crippen LogP contribution in [0.4, 0.5) is 5.82 Å². The first kappa shape index (κ1) is 21.4. The van der Waals surface area contributed by atoms with E-state index in [1.54, 1.807) is 0 Å². The molecule has 2 N–H and O–H groups in total. The Morgan fingerprint density at radius 2 is 2.04 bits per heavy atom. The molecule has 7 heteroatoms. The van der Waals surface area contributed by atoms with E-state index in [2.05, 4.69) is 40.4 Å². The van der Waals surface area contributed by atoms with Gasteiger partial charge in [0.1, 0.15) is 5.82 Å². The minimum absolute atomic E-state index is 0.600. The highest BCUT2D eigenvalue weighted by molar-refractivity contribution is 5.79. The van der Waals surface area contributed by atoms with Crippen molar-refractivity contribution in [3.05, 3.63) is 23.9 Å². The molecule has 2 heterocycles. The number of anilines is 1. The monoisotopic (exact) mass is 377 g/mol. The number of nitrogens with one attached hydrogen (secondary N) is 2. The standard InChI is InChI=1S/C20H35N5O2/c1-3-5-13-26-14-7-10-23-20(21-4-2)24-17-18-8-6-9-22-19(18)25-11-15-27-16-12-25/h6,8-9H,3-5,7,10-17H2,1-2H3,(H2,21,23,24). The Kier molecular flexibility index (Phi) is 10.6. The SMILES string of the molecule is CCCCOCCCNC(=NCc1cccnc1N1CCOCC1)NCC. The van der Waals surface area contributed by atoms with Crippen molar-refractivity contribution in [3.8, 4) is 0 Å². The number of hydrogen-bond acceptors (Lipinski definition) is 5. The predicted octanol–water partition coefficient (Wildman–Crippen LogP) is 2.18. The molecule has 1 saturated heterocycles. The fourth-order valence-corrected chi connectivity index (χ4v) is 2.85. The molecule has 0 saturated carbocycles. The number of morpholine rings is 1. The molecule has 0 bridgehead atoms. The highest BCUT2D eigenvalue weighted by atomic mass is 16.5. The summed E-state index contributed by atoms with van der Waals surface area (Å²) in [5.74, 6) is 1.85. The lowest BCUT2D eigenvalue weighted by Crippen LogP contribution is -2.38. The van der Waals surface area contributed by atoms with Crippen LogP contribution in [0.5, 0.6) is 0 Å². The van der Waals surface area contributed by atoms with E-state index in [1.807, 2.05) is 12.3 Å². The normalized spacial score (nSPS) is 15.0. The molecular formula is C20H35N5O2. The van der Waals surface area contributed by atoms with Crippen molar-refractivity contribution in [1.82, 2.24) is 15.6 Å². The van der Waals surface area contributed by atoms with Crippen molar-refractivity contribution >= 4 is 11.8 Å². The number of unbranched alkanes of at least 4 members (excludes halogenated alkanes) is 1. The maximum atomic E-state index is 5.60. The van der Waals surface area contributed by atoms with Crippen LogP contribution in [-0.2, 0) is 16.0 Å². The van der Waals surface area contributed by atoms with Gasteiger partial charge < -0.3 is 25.0 Å². The average Bonchev–Trinajstić information content (AvgIpc) is 2.72. The Morgan fingerprint density at radius 1 is 1.22 bits per heavy atom.